The Balaban J connectivity index is 1.18. The molecule has 0 aromatic heterocycles. The number of carbonyl (C=O) groups is 3. The molecule has 0 unspecified atom stereocenters. The molecule has 3 aromatic rings. The van der Waals surface area contributed by atoms with Crippen LogP contribution in [-0.2, 0) is 14.4 Å². The lowest BCUT2D eigenvalue weighted by Crippen LogP contribution is -2.58. The van der Waals surface area contributed by atoms with Crippen LogP contribution in [0.15, 0.2) is 91.0 Å². The highest BCUT2D eigenvalue weighted by Crippen LogP contribution is 2.40. The van der Waals surface area contributed by atoms with E-state index in [-0.39, 0.29) is 24.3 Å². The highest BCUT2D eigenvalue weighted by atomic mass is 16.2. The fraction of sp³-hybridized carbons (Fsp3) is 0.417. The maximum absolute atomic E-state index is 14.2. The number of anilines is 1. The highest BCUT2D eigenvalue weighted by molar-refractivity contribution is 5.96. The lowest BCUT2D eigenvalue weighted by Gasteiger charge is -2.44. The van der Waals surface area contributed by atoms with E-state index < -0.39 is 11.5 Å². The van der Waals surface area contributed by atoms with E-state index >= 15 is 0 Å². The maximum Gasteiger partial charge on any atom is 0.250 e. The summed E-state index contributed by atoms with van der Waals surface area (Å²) < 4.78 is 0. The van der Waals surface area contributed by atoms with Crippen LogP contribution in [-0.4, -0.2) is 65.9 Å². The van der Waals surface area contributed by atoms with Gasteiger partial charge in [-0.05, 0) is 54.9 Å². The number of likely N-dealkylation sites (tertiary alicyclic amines) is 1. The molecule has 3 aromatic carbocycles. The van der Waals surface area contributed by atoms with E-state index in [1.54, 1.807) is 4.90 Å². The van der Waals surface area contributed by atoms with Crippen LogP contribution in [0.3, 0.4) is 0 Å². The van der Waals surface area contributed by atoms with Crippen LogP contribution in [0.25, 0.3) is 0 Å². The molecule has 1 aliphatic carbocycles. The topological polar surface area (TPSA) is 73.0 Å². The Kier molecular flexibility index (Phi) is 8.77. The molecular formula is C36H42N4O3. The van der Waals surface area contributed by atoms with Crippen molar-refractivity contribution in [2.24, 2.45) is 5.92 Å². The third-order valence-corrected chi connectivity index (χ3v) is 9.64. The zero-order chi connectivity index (χ0) is 29.6. The standard InChI is InChI=1S/C36H42N4O3/c41-32(37-25-28-13-5-1-6-14-28)26-39-27-40(31-19-11-4-12-20-31)36(35(39)43)21-23-38(24-22-36)34(42)33(29-15-7-2-8-16-29)30-17-9-3-10-18-30/h2-4,7-12,15-20,28,33H,1,5-6,13-14,21-27H2,(H,37,41). The second-order valence-corrected chi connectivity index (χ2v) is 12.3. The molecule has 43 heavy (non-hydrogen) atoms. The Hall–Kier alpha value is -4.13. The molecule has 3 aliphatic rings. The molecule has 3 fully saturated rings. The van der Waals surface area contributed by atoms with Gasteiger partial charge in [-0.25, -0.2) is 0 Å². The Morgan fingerprint density at radius 2 is 1.35 bits per heavy atom. The first-order chi connectivity index (χ1) is 21.0. The smallest absolute Gasteiger partial charge is 0.250 e. The van der Waals surface area contributed by atoms with Gasteiger partial charge in [0.05, 0.1) is 12.6 Å². The van der Waals surface area contributed by atoms with Gasteiger partial charge in [0.2, 0.25) is 11.8 Å². The Bertz CT molecular complexity index is 1340. The van der Waals surface area contributed by atoms with Crippen molar-refractivity contribution in [1.82, 2.24) is 15.1 Å². The lowest BCUT2D eigenvalue weighted by molar-refractivity contribution is -0.140. The van der Waals surface area contributed by atoms with Crippen LogP contribution in [0.4, 0.5) is 5.69 Å². The number of para-hydroxylation sites is 1. The zero-order valence-corrected chi connectivity index (χ0v) is 24.9. The summed E-state index contributed by atoms with van der Waals surface area (Å²) in [6.45, 7) is 2.07. The van der Waals surface area contributed by atoms with Crippen molar-refractivity contribution in [2.45, 2.75) is 56.4 Å². The highest BCUT2D eigenvalue weighted by Gasteiger charge is 2.54. The number of nitrogens with one attached hydrogen (secondary N) is 1. The molecule has 1 saturated carbocycles. The van der Waals surface area contributed by atoms with Crippen LogP contribution >= 0.6 is 0 Å². The molecule has 6 rings (SSSR count). The molecule has 0 radical (unpaired) electrons. The van der Waals surface area contributed by atoms with Gasteiger partial charge in [-0.15, -0.1) is 0 Å². The van der Waals surface area contributed by atoms with E-state index in [4.69, 9.17) is 0 Å². The first-order valence-electron chi connectivity index (χ1n) is 15.8. The summed E-state index contributed by atoms with van der Waals surface area (Å²) in [7, 11) is 0. The first-order valence-corrected chi connectivity index (χ1v) is 15.8. The number of nitrogens with zero attached hydrogens (tertiary/aromatic N) is 3. The first kappa shape index (κ1) is 29.0. The van der Waals surface area contributed by atoms with Gasteiger partial charge >= 0.3 is 0 Å². The minimum atomic E-state index is -0.781. The molecule has 1 N–H and O–H groups in total. The number of amides is 3. The molecule has 1 spiro atoms. The molecule has 0 bridgehead atoms. The van der Waals surface area contributed by atoms with Gasteiger partial charge in [0.15, 0.2) is 0 Å². The monoisotopic (exact) mass is 578 g/mol. The van der Waals surface area contributed by atoms with E-state index in [0.717, 1.165) is 16.8 Å². The lowest BCUT2D eigenvalue weighted by atomic mass is 9.83. The summed E-state index contributed by atoms with van der Waals surface area (Å²) in [6.07, 6.45) is 7.11. The molecule has 3 amide bonds. The van der Waals surface area contributed by atoms with Crippen LogP contribution in [0, 0.1) is 5.92 Å². The summed E-state index contributed by atoms with van der Waals surface area (Å²) in [4.78, 5) is 47.1. The summed E-state index contributed by atoms with van der Waals surface area (Å²) in [5, 5.41) is 3.11. The third-order valence-electron chi connectivity index (χ3n) is 9.64. The average Bonchev–Trinajstić information content (AvgIpc) is 3.32. The minimum absolute atomic E-state index is 0.0149. The predicted octanol–water partition coefficient (Wildman–Crippen LogP) is 5.18. The van der Waals surface area contributed by atoms with Gasteiger partial charge in [0, 0.05) is 25.3 Å². The summed E-state index contributed by atoms with van der Waals surface area (Å²) in [6, 6.07) is 29.8. The molecule has 2 heterocycles. The molecule has 2 aliphatic heterocycles. The molecule has 2 saturated heterocycles. The zero-order valence-electron chi connectivity index (χ0n) is 24.9. The summed E-state index contributed by atoms with van der Waals surface area (Å²) in [5.74, 6) is 0.0916. The normalized spacial score (nSPS) is 18.8. The van der Waals surface area contributed by atoms with Crippen molar-refractivity contribution >= 4 is 23.4 Å². The fourth-order valence-electron chi connectivity index (χ4n) is 7.25. The van der Waals surface area contributed by atoms with Gasteiger partial charge in [-0.1, -0.05) is 98.1 Å². The van der Waals surface area contributed by atoms with Crippen molar-refractivity contribution in [3.05, 3.63) is 102 Å². The SMILES string of the molecule is O=C(CN1CN(c2ccccc2)C2(CCN(C(=O)C(c3ccccc3)c3ccccc3)CC2)C1=O)NCC1CCCCC1. The molecule has 0 atom stereocenters. The molecule has 224 valence electrons. The van der Waals surface area contributed by atoms with Gasteiger partial charge in [0.25, 0.3) is 5.91 Å². The number of piperidine rings is 1. The van der Waals surface area contributed by atoms with Gasteiger partial charge in [0.1, 0.15) is 12.1 Å². The largest absolute Gasteiger partial charge is 0.354 e. The van der Waals surface area contributed by atoms with Crippen LogP contribution in [0.2, 0.25) is 0 Å². The fourth-order valence-corrected chi connectivity index (χ4v) is 7.25. The van der Waals surface area contributed by atoms with E-state index in [2.05, 4.69) is 10.2 Å². The van der Waals surface area contributed by atoms with Gasteiger partial charge < -0.3 is 20.0 Å². The van der Waals surface area contributed by atoms with Crippen LogP contribution < -0.4 is 10.2 Å². The molecule has 7 heteroatoms. The summed E-state index contributed by atoms with van der Waals surface area (Å²) in [5.41, 5.74) is 2.11. The minimum Gasteiger partial charge on any atom is -0.354 e. The number of carbonyl (C=O) groups excluding carboxylic acids is 3. The Morgan fingerprint density at radius 1 is 0.791 bits per heavy atom. The van der Waals surface area contributed by atoms with Gasteiger partial charge in [-0.2, -0.15) is 0 Å². The van der Waals surface area contributed by atoms with Gasteiger partial charge in [-0.3, -0.25) is 14.4 Å². The van der Waals surface area contributed by atoms with Crippen molar-refractivity contribution in [2.75, 3.05) is 37.7 Å². The summed E-state index contributed by atoms with van der Waals surface area (Å²) >= 11 is 0. The second-order valence-electron chi connectivity index (χ2n) is 12.3. The Labute approximate surface area is 254 Å². The van der Waals surface area contributed by atoms with E-state index in [1.807, 2.05) is 95.9 Å². The average molecular weight is 579 g/mol. The van der Waals surface area contributed by atoms with Crippen molar-refractivity contribution in [1.29, 1.82) is 0 Å². The quantitative estimate of drug-likeness (QED) is 0.400. The second kappa shape index (κ2) is 13.0. The van der Waals surface area contributed by atoms with Crippen LogP contribution in [0.1, 0.15) is 62.0 Å². The number of benzene rings is 3. The van der Waals surface area contributed by atoms with Crippen molar-refractivity contribution < 1.29 is 14.4 Å². The van der Waals surface area contributed by atoms with E-state index in [1.165, 1.54) is 32.1 Å². The predicted molar refractivity (Wildman–Crippen MR) is 168 cm³/mol. The van der Waals surface area contributed by atoms with Crippen molar-refractivity contribution in [3.63, 3.8) is 0 Å². The number of hydrogen-bond acceptors (Lipinski definition) is 4. The van der Waals surface area contributed by atoms with E-state index in [9.17, 15) is 14.4 Å². The molecular weight excluding hydrogens is 536 g/mol. The Morgan fingerprint density at radius 3 is 1.93 bits per heavy atom. The van der Waals surface area contributed by atoms with Crippen LogP contribution in [0.5, 0.6) is 0 Å². The van der Waals surface area contributed by atoms with E-state index in [0.29, 0.717) is 45.1 Å². The van der Waals surface area contributed by atoms with Crippen molar-refractivity contribution in [3.8, 4) is 0 Å². The maximum atomic E-state index is 14.2. The molecule has 7 nitrogen and oxygen atoms in total. The number of rotatable bonds is 8. The third kappa shape index (κ3) is 6.17. The number of hydrogen-bond donors (Lipinski definition) is 1.